The van der Waals surface area contributed by atoms with Crippen LogP contribution in [-0.4, -0.2) is 46.6 Å². The summed E-state index contributed by atoms with van der Waals surface area (Å²) in [5.74, 6) is 0.502. The molecule has 3 heterocycles. The summed E-state index contributed by atoms with van der Waals surface area (Å²) in [6, 6.07) is 2.07. The maximum atomic E-state index is 14.1. The summed E-state index contributed by atoms with van der Waals surface area (Å²) in [6.07, 6.45) is 2.49. The van der Waals surface area contributed by atoms with Crippen molar-refractivity contribution in [2.45, 2.75) is 45.9 Å². The van der Waals surface area contributed by atoms with Gasteiger partial charge in [0.2, 0.25) is 17.7 Å². The van der Waals surface area contributed by atoms with Gasteiger partial charge in [0, 0.05) is 38.7 Å². The Morgan fingerprint density at radius 2 is 2.30 bits per heavy atom. The third-order valence-corrected chi connectivity index (χ3v) is 5.47. The smallest absolute Gasteiger partial charge is 0.230 e. The maximum Gasteiger partial charge on any atom is 0.230 e. The number of methoxy groups -OCH3 is 1. The number of carbonyl (C=O) groups is 1. The van der Waals surface area contributed by atoms with Crippen LogP contribution in [0.4, 0.5) is 9.52 Å². The molecule has 2 aromatic rings. The van der Waals surface area contributed by atoms with E-state index in [0.717, 1.165) is 29.1 Å². The van der Waals surface area contributed by atoms with Gasteiger partial charge in [-0.05, 0) is 19.9 Å². The number of rotatable bonds is 6. The number of hydrogen-bond donors (Lipinski definition) is 1. The van der Waals surface area contributed by atoms with Crippen LogP contribution in [0.15, 0.2) is 12.3 Å². The first-order chi connectivity index (χ1) is 12.9. The van der Waals surface area contributed by atoms with Gasteiger partial charge in [-0.3, -0.25) is 9.69 Å². The first-order valence-corrected chi connectivity index (χ1v) is 9.52. The zero-order valence-corrected chi connectivity index (χ0v) is 16.6. The highest BCUT2D eigenvalue weighted by molar-refractivity contribution is 7.15. The molecule has 0 spiro atoms. The summed E-state index contributed by atoms with van der Waals surface area (Å²) in [6.45, 7) is 6.49. The van der Waals surface area contributed by atoms with Crippen LogP contribution in [0.3, 0.4) is 0 Å². The lowest BCUT2D eigenvalue weighted by molar-refractivity contribution is -0.114. The van der Waals surface area contributed by atoms with E-state index in [9.17, 15) is 9.18 Å². The zero-order chi connectivity index (χ0) is 19.6. The Hall–Kier alpha value is -2.26. The van der Waals surface area contributed by atoms with Gasteiger partial charge >= 0.3 is 0 Å². The lowest BCUT2D eigenvalue weighted by Gasteiger charge is -2.19. The Balaban J connectivity index is 1.65. The highest BCUT2D eigenvalue weighted by Gasteiger charge is 2.32. The molecular weight excluding hydrogens is 371 g/mol. The number of ether oxygens (including phenoxy) is 2. The highest BCUT2D eigenvalue weighted by atomic mass is 32.1. The monoisotopic (exact) mass is 394 g/mol. The molecule has 2 aromatic heterocycles. The second-order valence-corrected chi connectivity index (χ2v) is 7.70. The van der Waals surface area contributed by atoms with E-state index >= 15 is 0 Å². The van der Waals surface area contributed by atoms with Crippen LogP contribution in [0, 0.1) is 12.9 Å². The van der Waals surface area contributed by atoms with Crippen LogP contribution in [0.25, 0.3) is 0 Å². The Morgan fingerprint density at radius 1 is 1.52 bits per heavy atom. The fraction of sp³-hybridized carbons (Fsp3) is 0.500. The molecule has 7 nitrogen and oxygen atoms in total. The van der Waals surface area contributed by atoms with Crippen molar-refractivity contribution in [1.82, 2.24) is 14.9 Å². The van der Waals surface area contributed by atoms with Crippen molar-refractivity contribution >= 4 is 22.4 Å². The van der Waals surface area contributed by atoms with E-state index in [2.05, 4.69) is 27.1 Å². The summed E-state index contributed by atoms with van der Waals surface area (Å²) >= 11 is 1.16. The van der Waals surface area contributed by atoms with Gasteiger partial charge in [0.25, 0.3) is 0 Å². The Kier molecular flexibility index (Phi) is 5.91. The summed E-state index contributed by atoms with van der Waals surface area (Å²) in [5, 5.41) is 2.81. The molecule has 0 aromatic carbocycles. The van der Waals surface area contributed by atoms with Crippen molar-refractivity contribution in [3.63, 3.8) is 0 Å². The van der Waals surface area contributed by atoms with Crippen molar-refractivity contribution < 1.29 is 18.7 Å². The molecule has 0 saturated carbocycles. The number of nitrogens with zero attached hydrogens (tertiary/aromatic N) is 3. The van der Waals surface area contributed by atoms with E-state index in [-0.39, 0.29) is 23.2 Å². The molecule has 1 aliphatic rings. The van der Waals surface area contributed by atoms with Crippen molar-refractivity contribution in [2.24, 2.45) is 0 Å². The summed E-state index contributed by atoms with van der Waals surface area (Å²) in [7, 11) is 1.58. The number of hydrogen-bond acceptors (Lipinski definition) is 7. The summed E-state index contributed by atoms with van der Waals surface area (Å²) in [5.41, 5.74) is 0.861. The zero-order valence-electron chi connectivity index (χ0n) is 15.8. The predicted molar refractivity (Wildman–Crippen MR) is 101 cm³/mol. The number of likely N-dealkylation sites (tertiary alicyclic amines) is 1. The fourth-order valence-electron chi connectivity index (χ4n) is 3.18. The Labute approximate surface area is 161 Å². The Morgan fingerprint density at radius 3 is 3.00 bits per heavy atom. The fourth-order valence-corrected chi connectivity index (χ4v) is 4.10. The second kappa shape index (κ2) is 8.18. The molecule has 1 aliphatic heterocycles. The Bertz CT molecular complexity index is 829. The molecule has 3 rings (SSSR count). The predicted octanol–water partition coefficient (Wildman–Crippen LogP) is 2.99. The molecule has 1 saturated heterocycles. The number of halogens is 1. The number of amides is 1. The number of pyridine rings is 1. The third-order valence-electron chi connectivity index (χ3n) is 4.54. The topological polar surface area (TPSA) is 76.6 Å². The van der Waals surface area contributed by atoms with Crippen molar-refractivity contribution in [3.05, 3.63) is 28.7 Å². The van der Waals surface area contributed by atoms with Gasteiger partial charge in [-0.2, -0.15) is 9.37 Å². The van der Waals surface area contributed by atoms with E-state index < -0.39 is 5.95 Å². The standard InChI is InChI=1S/C18H23FN4O3S/c1-10-7-13(26-14-5-6-20-17(25-4)11(14)2)8-23(10)9-15-16(19)22-18(27-15)21-12(3)24/h5-6,10,13H,7-9H2,1-4H3,(H,21,22,24). The van der Waals surface area contributed by atoms with Crippen LogP contribution >= 0.6 is 11.3 Å². The molecule has 1 amide bonds. The normalized spacial score (nSPS) is 19.9. The minimum Gasteiger partial charge on any atom is -0.488 e. The van der Waals surface area contributed by atoms with Crippen LogP contribution < -0.4 is 14.8 Å². The van der Waals surface area contributed by atoms with Gasteiger partial charge in [-0.25, -0.2) is 4.98 Å². The minimum atomic E-state index is -0.532. The molecule has 9 heteroatoms. The molecule has 1 N–H and O–H groups in total. The molecule has 2 unspecified atom stereocenters. The van der Waals surface area contributed by atoms with E-state index in [4.69, 9.17) is 9.47 Å². The molecule has 27 heavy (non-hydrogen) atoms. The summed E-state index contributed by atoms with van der Waals surface area (Å²) in [4.78, 5) is 21.7. The molecule has 0 bridgehead atoms. The third kappa shape index (κ3) is 4.54. The van der Waals surface area contributed by atoms with Gasteiger partial charge in [-0.1, -0.05) is 11.3 Å². The maximum absolute atomic E-state index is 14.1. The van der Waals surface area contributed by atoms with E-state index in [1.165, 1.54) is 6.92 Å². The van der Waals surface area contributed by atoms with Gasteiger partial charge < -0.3 is 14.8 Å². The largest absolute Gasteiger partial charge is 0.488 e. The van der Waals surface area contributed by atoms with E-state index in [0.29, 0.717) is 23.8 Å². The molecule has 2 atom stereocenters. The SMILES string of the molecule is COc1nccc(OC2CC(C)N(Cc3sc(NC(C)=O)nc3F)C2)c1C. The lowest BCUT2D eigenvalue weighted by atomic mass is 10.2. The number of nitrogens with one attached hydrogen (secondary N) is 1. The van der Waals surface area contributed by atoms with Gasteiger partial charge in [-0.15, -0.1) is 0 Å². The first kappa shape index (κ1) is 19.5. The molecule has 0 aliphatic carbocycles. The van der Waals surface area contributed by atoms with Crippen molar-refractivity contribution in [3.8, 4) is 11.6 Å². The number of aromatic nitrogens is 2. The van der Waals surface area contributed by atoms with E-state index in [1.807, 2.05) is 13.0 Å². The van der Waals surface area contributed by atoms with Crippen LogP contribution in [0.2, 0.25) is 0 Å². The van der Waals surface area contributed by atoms with Crippen molar-refractivity contribution in [1.29, 1.82) is 0 Å². The number of anilines is 1. The van der Waals surface area contributed by atoms with Crippen LogP contribution in [-0.2, 0) is 11.3 Å². The molecular formula is C18H23FN4O3S. The van der Waals surface area contributed by atoms with Crippen molar-refractivity contribution in [2.75, 3.05) is 19.0 Å². The van der Waals surface area contributed by atoms with Gasteiger partial charge in [0.1, 0.15) is 11.9 Å². The highest BCUT2D eigenvalue weighted by Crippen LogP contribution is 2.31. The molecule has 1 fully saturated rings. The minimum absolute atomic E-state index is 0.00314. The van der Waals surface area contributed by atoms with Crippen LogP contribution in [0.5, 0.6) is 11.6 Å². The lowest BCUT2D eigenvalue weighted by Crippen LogP contribution is -2.28. The van der Waals surface area contributed by atoms with Crippen LogP contribution in [0.1, 0.15) is 30.7 Å². The number of carbonyl (C=O) groups excluding carboxylic acids is 1. The molecule has 0 radical (unpaired) electrons. The first-order valence-electron chi connectivity index (χ1n) is 8.70. The second-order valence-electron chi connectivity index (χ2n) is 6.61. The van der Waals surface area contributed by atoms with Gasteiger partial charge in [0.05, 0.1) is 17.6 Å². The number of thiazole rings is 1. The average Bonchev–Trinajstić information content (AvgIpc) is 3.11. The van der Waals surface area contributed by atoms with Gasteiger partial charge in [0.15, 0.2) is 5.13 Å². The van der Waals surface area contributed by atoms with E-state index in [1.54, 1.807) is 13.3 Å². The average molecular weight is 394 g/mol. The summed E-state index contributed by atoms with van der Waals surface area (Å²) < 4.78 is 25.5. The quantitative estimate of drug-likeness (QED) is 0.812. The molecule has 146 valence electrons.